The number of aliphatic carboxylic acids is 2. The third kappa shape index (κ3) is 14.3. The fraction of sp³-hybridized carbons (Fsp3) is 0.857. The van der Waals surface area contributed by atoms with Crippen LogP contribution in [0.5, 0.6) is 0 Å². The molecular weight excluding hydrogens is 269 g/mol. The zero-order chi connectivity index (χ0) is 14.5. The molecule has 0 aliphatic heterocycles. The van der Waals surface area contributed by atoms with Crippen molar-refractivity contribution in [2.75, 3.05) is 6.54 Å². The first kappa shape index (κ1) is 22.2. The molecule has 112 valence electrons. The van der Waals surface area contributed by atoms with Crippen molar-refractivity contribution >= 4 is 11.9 Å². The number of carbonyl (C=O) groups excluding carboxylic acids is 1. The van der Waals surface area contributed by atoms with Crippen molar-refractivity contribution in [2.45, 2.75) is 70.8 Å². The molecule has 0 fully saturated rings. The Kier molecular flexibility index (Phi) is 17.0. The number of carbonyl (C=O) groups is 2. The van der Waals surface area contributed by atoms with Gasteiger partial charge in [0.15, 0.2) is 0 Å². The minimum Gasteiger partial charge on any atom is -0.548 e. The van der Waals surface area contributed by atoms with Crippen LogP contribution in [-0.4, -0.2) is 29.6 Å². The first-order valence-electron chi connectivity index (χ1n) is 7.24. The molecule has 0 heterocycles. The van der Waals surface area contributed by atoms with E-state index in [1.165, 1.54) is 32.1 Å². The van der Waals surface area contributed by atoms with Crippen LogP contribution in [0.25, 0.3) is 0 Å². The fourth-order valence-electron chi connectivity index (χ4n) is 1.95. The molecule has 2 N–H and O–H groups in total. The summed E-state index contributed by atoms with van der Waals surface area (Å²) >= 11 is 0. The molecule has 0 aromatic carbocycles. The number of rotatable bonds is 13. The summed E-state index contributed by atoms with van der Waals surface area (Å²) in [6.07, 6.45) is 8.96. The number of hydrogen-bond donors (Lipinski definition) is 2. The van der Waals surface area contributed by atoms with Gasteiger partial charge in [0.05, 0.1) is 18.4 Å². The number of hydrogen-bond acceptors (Lipinski definition) is 4. The van der Waals surface area contributed by atoms with E-state index in [0.29, 0.717) is 6.54 Å². The standard InChI is InChI=1S/C14H27NO4.Na/c1-2-3-4-5-6-7-8-9-10-15-12(14(18)19)11-13(16)17;/h12,15H,2-11H2,1H3,(H,16,17)(H,18,19);/q;+1/p-1/t12-;/m0./s1. The molecule has 0 aliphatic carbocycles. The molecular formula is C14H26NNaO4. The van der Waals surface area contributed by atoms with E-state index >= 15 is 0 Å². The van der Waals surface area contributed by atoms with Crippen LogP contribution < -0.4 is 40.0 Å². The van der Waals surface area contributed by atoms with Crippen molar-refractivity contribution in [2.24, 2.45) is 0 Å². The van der Waals surface area contributed by atoms with Gasteiger partial charge in [-0.15, -0.1) is 0 Å². The summed E-state index contributed by atoms with van der Waals surface area (Å²) in [5.41, 5.74) is 0. The molecule has 0 aromatic rings. The van der Waals surface area contributed by atoms with Crippen molar-refractivity contribution in [1.29, 1.82) is 0 Å². The van der Waals surface area contributed by atoms with Crippen LogP contribution in [0.3, 0.4) is 0 Å². The maximum Gasteiger partial charge on any atom is 1.00 e. The molecule has 0 spiro atoms. The number of nitrogens with one attached hydrogen (secondary N) is 1. The van der Waals surface area contributed by atoms with Gasteiger partial charge < -0.3 is 20.3 Å². The first-order valence-corrected chi connectivity index (χ1v) is 7.24. The van der Waals surface area contributed by atoms with Gasteiger partial charge in [0.25, 0.3) is 0 Å². The minimum absolute atomic E-state index is 0. The summed E-state index contributed by atoms with van der Waals surface area (Å²) in [7, 11) is 0. The summed E-state index contributed by atoms with van der Waals surface area (Å²) in [6.45, 7) is 2.72. The van der Waals surface area contributed by atoms with Gasteiger partial charge >= 0.3 is 35.5 Å². The Hall–Kier alpha value is -0.100. The van der Waals surface area contributed by atoms with Gasteiger partial charge in [-0.1, -0.05) is 51.9 Å². The van der Waals surface area contributed by atoms with Crippen LogP contribution in [0.2, 0.25) is 0 Å². The predicted molar refractivity (Wildman–Crippen MR) is 71.7 cm³/mol. The van der Waals surface area contributed by atoms with E-state index in [1.54, 1.807) is 0 Å². The fourth-order valence-corrected chi connectivity index (χ4v) is 1.95. The predicted octanol–water partition coefficient (Wildman–Crippen LogP) is -1.69. The van der Waals surface area contributed by atoms with E-state index in [-0.39, 0.29) is 29.6 Å². The van der Waals surface area contributed by atoms with E-state index in [9.17, 15) is 14.7 Å². The van der Waals surface area contributed by atoms with Gasteiger partial charge in [-0.2, -0.15) is 0 Å². The van der Waals surface area contributed by atoms with Crippen molar-refractivity contribution in [3.63, 3.8) is 0 Å². The molecule has 0 aliphatic rings. The van der Waals surface area contributed by atoms with Crippen LogP contribution in [-0.2, 0) is 9.59 Å². The second-order valence-electron chi connectivity index (χ2n) is 4.90. The average molecular weight is 295 g/mol. The third-order valence-corrected chi connectivity index (χ3v) is 3.08. The molecule has 0 bridgehead atoms. The summed E-state index contributed by atoms with van der Waals surface area (Å²) in [4.78, 5) is 21.1. The second-order valence-corrected chi connectivity index (χ2v) is 4.90. The van der Waals surface area contributed by atoms with Crippen LogP contribution in [0.1, 0.15) is 64.7 Å². The van der Waals surface area contributed by atoms with E-state index in [4.69, 9.17) is 5.11 Å². The van der Waals surface area contributed by atoms with Crippen LogP contribution in [0, 0.1) is 0 Å². The van der Waals surface area contributed by atoms with Crippen molar-refractivity contribution in [1.82, 2.24) is 5.32 Å². The Balaban J connectivity index is 0. The maximum atomic E-state index is 10.7. The molecule has 0 amide bonds. The summed E-state index contributed by atoms with van der Waals surface area (Å²) in [5, 5.41) is 21.9. The second kappa shape index (κ2) is 15.3. The topological polar surface area (TPSA) is 89.5 Å². The van der Waals surface area contributed by atoms with Gasteiger partial charge in [-0.05, 0) is 13.0 Å². The molecule has 0 aromatic heterocycles. The average Bonchev–Trinajstić information content (AvgIpc) is 2.34. The number of unbranched alkanes of at least 4 members (excludes halogenated alkanes) is 7. The van der Waals surface area contributed by atoms with E-state index < -0.39 is 24.4 Å². The van der Waals surface area contributed by atoms with E-state index in [0.717, 1.165) is 19.3 Å². The third-order valence-electron chi connectivity index (χ3n) is 3.08. The summed E-state index contributed by atoms with van der Waals surface area (Å²) in [5.74, 6) is -2.47. The molecule has 0 unspecified atom stereocenters. The summed E-state index contributed by atoms with van der Waals surface area (Å²) in [6, 6.07) is -1.08. The molecule has 6 heteroatoms. The van der Waals surface area contributed by atoms with Crippen molar-refractivity contribution in [3.8, 4) is 0 Å². The number of carboxylic acid groups (broad SMARTS) is 2. The van der Waals surface area contributed by atoms with Gasteiger partial charge in [0, 0.05) is 0 Å². The van der Waals surface area contributed by atoms with Gasteiger partial charge in [-0.3, -0.25) is 4.79 Å². The quantitative estimate of drug-likeness (QED) is 0.313. The van der Waals surface area contributed by atoms with Crippen LogP contribution >= 0.6 is 0 Å². The van der Waals surface area contributed by atoms with Gasteiger partial charge in [-0.25, -0.2) is 0 Å². The van der Waals surface area contributed by atoms with Gasteiger partial charge in [0.2, 0.25) is 0 Å². The molecule has 20 heavy (non-hydrogen) atoms. The van der Waals surface area contributed by atoms with Crippen molar-refractivity contribution in [3.05, 3.63) is 0 Å². The zero-order valence-corrected chi connectivity index (χ0v) is 14.8. The molecule has 0 radical (unpaired) electrons. The molecule has 1 atom stereocenters. The SMILES string of the molecule is CCCCCCCCCCN[C@@H](CC(=O)O)C(=O)[O-].[Na+]. The Morgan fingerprint density at radius 2 is 1.55 bits per heavy atom. The zero-order valence-electron chi connectivity index (χ0n) is 12.8. The van der Waals surface area contributed by atoms with Crippen LogP contribution in [0.15, 0.2) is 0 Å². The van der Waals surface area contributed by atoms with Crippen LogP contribution in [0.4, 0.5) is 0 Å². The largest absolute Gasteiger partial charge is 1.00 e. The smallest absolute Gasteiger partial charge is 0.548 e. The first-order chi connectivity index (χ1) is 9.07. The molecule has 0 saturated heterocycles. The monoisotopic (exact) mass is 295 g/mol. The Morgan fingerprint density at radius 1 is 1.05 bits per heavy atom. The maximum absolute atomic E-state index is 10.7. The molecule has 0 saturated carbocycles. The van der Waals surface area contributed by atoms with E-state index in [2.05, 4.69) is 12.2 Å². The summed E-state index contributed by atoms with van der Waals surface area (Å²) < 4.78 is 0. The Bertz CT molecular complexity index is 262. The van der Waals surface area contributed by atoms with Crippen molar-refractivity contribution < 1.29 is 49.4 Å². The van der Waals surface area contributed by atoms with Gasteiger partial charge in [0.1, 0.15) is 0 Å². The molecule has 0 rings (SSSR count). The normalized spacial score (nSPS) is 11.7. The van der Waals surface area contributed by atoms with E-state index in [1.807, 2.05) is 0 Å². The molecule has 5 nitrogen and oxygen atoms in total. The Morgan fingerprint density at radius 3 is 2.00 bits per heavy atom. The minimum atomic E-state index is -1.35. The Labute approximate surface area is 143 Å². The number of carboxylic acids is 2.